The monoisotopic (exact) mass is 222 g/mol. The van der Waals surface area contributed by atoms with Crippen molar-refractivity contribution in [3.8, 4) is 11.6 Å². The van der Waals surface area contributed by atoms with Gasteiger partial charge in [-0.3, -0.25) is 5.10 Å². The van der Waals surface area contributed by atoms with E-state index in [9.17, 15) is 0 Å². The molecule has 0 radical (unpaired) electrons. The van der Waals surface area contributed by atoms with Gasteiger partial charge in [-0.15, -0.1) is 0 Å². The maximum atomic E-state index is 5.91. The van der Waals surface area contributed by atoms with E-state index in [1.165, 1.54) is 6.33 Å². The van der Waals surface area contributed by atoms with E-state index in [4.69, 9.17) is 10.3 Å². The summed E-state index contributed by atoms with van der Waals surface area (Å²) in [5.74, 6) is 1.32. The lowest BCUT2D eigenvalue weighted by Crippen LogP contribution is -2.10. The second-order valence-corrected chi connectivity index (χ2v) is 3.54. The van der Waals surface area contributed by atoms with E-state index in [0.29, 0.717) is 17.5 Å². The highest BCUT2D eigenvalue weighted by Crippen LogP contribution is 2.17. The highest BCUT2D eigenvalue weighted by Gasteiger charge is 2.16. The normalized spacial score (nSPS) is 12.9. The molecule has 0 aliphatic carbocycles. The lowest BCUT2D eigenvalue weighted by atomic mass is 10.1. The third-order valence-electron chi connectivity index (χ3n) is 2.25. The number of nitrogens with one attached hydrogen (secondary N) is 1. The fourth-order valence-corrected chi connectivity index (χ4v) is 1.34. The van der Waals surface area contributed by atoms with Gasteiger partial charge in [0.1, 0.15) is 6.33 Å². The Bertz CT molecular complexity index is 423. The molecule has 0 aromatic carbocycles. The summed E-state index contributed by atoms with van der Waals surface area (Å²) in [5.41, 5.74) is 5.91. The minimum Gasteiger partial charge on any atom is -0.337 e. The van der Waals surface area contributed by atoms with Gasteiger partial charge in [-0.2, -0.15) is 10.1 Å². The number of H-pyrrole nitrogens is 1. The van der Waals surface area contributed by atoms with Crippen molar-refractivity contribution in [3.63, 3.8) is 0 Å². The first-order valence-electron chi connectivity index (χ1n) is 5.26. The number of nitrogens with zero attached hydrogens (tertiary/aromatic N) is 4. The van der Waals surface area contributed by atoms with Crippen LogP contribution in [0.3, 0.4) is 0 Å². The molecule has 0 unspecified atom stereocenters. The van der Waals surface area contributed by atoms with Gasteiger partial charge in [0.15, 0.2) is 5.82 Å². The predicted molar refractivity (Wildman–Crippen MR) is 56.1 cm³/mol. The summed E-state index contributed by atoms with van der Waals surface area (Å²) in [6.07, 6.45) is 4.37. The first kappa shape index (κ1) is 10.7. The van der Waals surface area contributed by atoms with Gasteiger partial charge in [0.25, 0.3) is 0 Å². The van der Waals surface area contributed by atoms with E-state index in [2.05, 4.69) is 32.2 Å². The molecule has 0 amide bonds. The second kappa shape index (κ2) is 4.84. The Kier molecular flexibility index (Phi) is 3.25. The minimum absolute atomic E-state index is 0.205. The lowest BCUT2D eigenvalue weighted by Gasteiger charge is -2.03. The zero-order valence-electron chi connectivity index (χ0n) is 9.05. The Balaban J connectivity index is 2.07. The van der Waals surface area contributed by atoms with Crippen LogP contribution in [0, 0.1) is 0 Å². The van der Waals surface area contributed by atoms with Gasteiger partial charge in [-0.25, -0.2) is 4.98 Å². The van der Waals surface area contributed by atoms with Crippen LogP contribution in [0.5, 0.6) is 0 Å². The molecule has 7 heteroatoms. The van der Waals surface area contributed by atoms with Gasteiger partial charge < -0.3 is 10.3 Å². The van der Waals surface area contributed by atoms with Gasteiger partial charge in [0.05, 0.1) is 6.04 Å². The molecule has 0 fully saturated rings. The largest absolute Gasteiger partial charge is 0.337 e. The third-order valence-corrected chi connectivity index (χ3v) is 2.25. The van der Waals surface area contributed by atoms with Crippen LogP contribution in [0.25, 0.3) is 11.6 Å². The summed E-state index contributed by atoms with van der Waals surface area (Å²) in [4.78, 5) is 8.10. The minimum atomic E-state index is -0.205. The average Bonchev–Trinajstić information content (AvgIpc) is 2.94. The SMILES string of the molecule is CCCC[C@H](N)c1nc(-c2ncn[nH]2)no1. The summed E-state index contributed by atoms with van der Waals surface area (Å²) >= 11 is 0. The maximum absolute atomic E-state index is 5.91. The Morgan fingerprint density at radius 1 is 1.56 bits per heavy atom. The molecule has 0 saturated carbocycles. The van der Waals surface area contributed by atoms with Crippen LogP contribution in [-0.2, 0) is 0 Å². The predicted octanol–water partition coefficient (Wildman–Crippen LogP) is 1.04. The molecule has 3 N–H and O–H groups in total. The second-order valence-electron chi connectivity index (χ2n) is 3.54. The van der Waals surface area contributed by atoms with Gasteiger partial charge >= 0.3 is 0 Å². The summed E-state index contributed by atoms with van der Waals surface area (Å²) in [7, 11) is 0. The number of aromatic amines is 1. The van der Waals surface area contributed by atoms with Crippen LogP contribution in [-0.4, -0.2) is 25.3 Å². The van der Waals surface area contributed by atoms with Gasteiger partial charge in [-0.05, 0) is 6.42 Å². The van der Waals surface area contributed by atoms with E-state index < -0.39 is 0 Å². The van der Waals surface area contributed by atoms with Crippen molar-refractivity contribution in [2.24, 2.45) is 5.73 Å². The van der Waals surface area contributed by atoms with Crippen molar-refractivity contribution in [2.45, 2.75) is 32.2 Å². The molecule has 7 nitrogen and oxygen atoms in total. The standard InChI is InChI=1S/C9H14N6O/c1-2-3-4-6(10)9-13-8(15-16-9)7-11-5-12-14-7/h5-6H,2-4,10H2,1H3,(H,11,12,14)/t6-/m0/s1. The molecule has 0 spiro atoms. The molecule has 16 heavy (non-hydrogen) atoms. The van der Waals surface area contributed by atoms with Crippen LogP contribution < -0.4 is 5.73 Å². The van der Waals surface area contributed by atoms with Crippen LogP contribution in [0.15, 0.2) is 10.9 Å². The highest BCUT2D eigenvalue weighted by molar-refractivity contribution is 5.39. The Morgan fingerprint density at radius 3 is 3.12 bits per heavy atom. The zero-order chi connectivity index (χ0) is 11.4. The molecule has 2 aromatic rings. The van der Waals surface area contributed by atoms with Crippen LogP contribution in [0.4, 0.5) is 0 Å². The van der Waals surface area contributed by atoms with Crippen molar-refractivity contribution < 1.29 is 4.52 Å². The molecule has 0 saturated heterocycles. The summed E-state index contributed by atoms with van der Waals surface area (Å²) in [6, 6.07) is -0.205. The van der Waals surface area contributed by atoms with Gasteiger partial charge in [0, 0.05) is 0 Å². The Morgan fingerprint density at radius 2 is 2.44 bits per heavy atom. The fraction of sp³-hybridized carbons (Fsp3) is 0.556. The average molecular weight is 222 g/mol. The fourth-order valence-electron chi connectivity index (χ4n) is 1.34. The maximum Gasteiger partial charge on any atom is 0.243 e. The van der Waals surface area contributed by atoms with Crippen molar-refractivity contribution >= 4 is 0 Å². The van der Waals surface area contributed by atoms with Crippen LogP contribution in [0.2, 0.25) is 0 Å². The number of hydrogen-bond donors (Lipinski definition) is 2. The van der Waals surface area contributed by atoms with Gasteiger partial charge in [-0.1, -0.05) is 24.9 Å². The smallest absolute Gasteiger partial charge is 0.243 e. The Hall–Kier alpha value is -1.76. The van der Waals surface area contributed by atoms with E-state index in [-0.39, 0.29) is 6.04 Å². The number of hydrogen-bond acceptors (Lipinski definition) is 6. The summed E-state index contributed by atoms with van der Waals surface area (Å²) in [6.45, 7) is 2.11. The lowest BCUT2D eigenvalue weighted by molar-refractivity contribution is 0.346. The quantitative estimate of drug-likeness (QED) is 0.782. The Labute approximate surface area is 92.5 Å². The number of aromatic nitrogens is 5. The molecule has 1 atom stereocenters. The summed E-state index contributed by atoms with van der Waals surface area (Å²) in [5, 5.41) is 10.2. The first-order chi connectivity index (χ1) is 7.81. The first-order valence-corrected chi connectivity index (χ1v) is 5.26. The number of nitrogens with two attached hydrogens (primary N) is 1. The molecular weight excluding hydrogens is 208 g/mol. The molecule has 0 aliphatic heterocycles. The van der Waals surface area contributed by atoms with E-state index in [1.807, 2.05) is 0 Å². The van der Waals surface area contributed by atoms with Crippen molar-refractivity contribution in [1.29, 1.82) is 0 Å². The molecule has 0 aliphatic rings. The van der Waals surface area contributed by atoms with Crippen molar-refractivity contribution in [2.75, 3.05) is 0 Å². The molecule has 86 valence electrons. The van der Waals surface area contributed by atoms with Crippen LogP contribution >= 0.6 is 0 Å². The molecule has 2 heterocycles. The van der Waals surface area contributed by atoms with Gasteiger partial charge in [0.2, 0.25) is 11.7 Å². The van der Waals surface area contributed by atoms with E-state index in [0.717, 1.165) is 19.3 Å². The highest BCUT2D eigenvalue weighted by atomic mass is 16.5. The third kappa shape index (κ3) is 2.25. The summed E-state index contributed by atoms with van der Waals surface area (Å²) < 4.78 is 5.07. The number of unbranched alkanes of at least 4 members (excludes halogenated alkanes) is 1. The molecule has 2 rings (SSSR count). The van der Waals surface area contributed by atoms with Crippen molar-refractivity contribution in [3.05, 3.63) is 12.2 Å². The van der Waals surface area contributed by atoms with Crippen molar-refractivity contribution in [1.82, 2.24) is 25.3 Å². The van der Waals surface area contributed by atoms with E-state index in [1.54, 1.807) is 0 Å². The number of rotatable bonds is 5. The topological polar surface area (TPSA) is 107 Å². The zero-order valence-corrected chi connectivity index (χ0v) is 9.05. The van der Waals surface area contributed by atoms with E-state index >= 15 is 0 Å². The molecule has 0 bridgehead atoms. The van der Waals surface area contributed by atoms with Crippen LogP contribution in [0.1, 0.15) is 38.1 Å². The molecular formula is C9H14N6O. The molecule has 2 aromatic heterocycles.